The van der Waals surface area contributed by atoms with Crippen LogP contribution in [0.2, 0.25) is 0 Å². The van der Waals surface area contributed by atoms with E-state index >= 15 is 0 Å². The van der Waals surface area contributed by atoms with Gasteiger partial charge < -0.3 is 5.11 Å². The lowest BCUT2D eigenvalue weighted by atomic mass is 10.1. The number of halogens is 2. The molecule has 0 aliphatic heterocycles. The number of aliphatic hydroxyl groups excluding tert-OH is 1. The van der Waals surface area contributed by atoms with Crippen molar-refractivity contribution in [2.45, 2.75) is 20.0 Å². The van der Waals surface area contributed by atoms with E-state index in [1.54, 1.807) is 6.07 Å². The van der Waals surface area contributed by atoms with Gasteiger partial charge in [-0.25, -0.2) is 8.78 Å². The zero-order valence-electron chi connectivity index (χ0n) is 7.46. The summed E-state index contributed by atoms with van der Waals surface area (Å²) in [7, 11) is 0. The molecule has 0 aliphatic carbocycles. The number of aryl methyl sites for hydroxylation is 1. The van der Waals surface area contributed by atoms with Gasteiger partial charge in [0.15, 0.2) is 0 Å². The van der Waals surface area contributed by atoms with E-state index in [9.17, 15) is 8.78 Å². The smallest absolute Gasteiger partial charge is 0.265 e. The molecule has 74 valence electrons. The number of hydrogen-bond acceptors (Lipinski definition) is 3. The molecule has 0 radical (unpaired) electrons. The molecular formula is C9H8F2N2O. The molecule has 14 heavy (non-hydrogen) atoms. The molecule has 0 atom stereocenters. The van der Waals surface area contributed by atoms with Gasteiger partial charge in [0.25, 0.3) is 6.43 Å². The molecule has 5 heteroatoms. The Labute approximate surface area is 79.6 Å². The Morgan fingerprint density at radius 1 is 1.64 bits per heavy atom. The third kappa shape index (κ3) is 1.86. The third-order valence-corrected chi connectivity index (χ3v) is 1.75. The number of pyridine rings is 1. The van der Waals surface area contributed by atoms with Crippen LogP contribution in [0, 0.1) is 18.3 Å². The molecule has 1 aromatic rings. The molecule has 1 N–H and O–H groups in total. The fourth-order valence-corrected chi connectivity index (χ4v) is 1.18. The second kappa shape index (κ2) is 4.11. The summed E-state index contributed by atoms with van der Waals surface area (Å²) in [5.74, 6) is 0. The van der Waals surface area contributed by atoms with E-state index in [0.29, 0.717) is 5.69 Å². The Bertz CT molecular complexity index is 385. The van der Waals surface area contributed by atoms with E-state index in [4.69, 9.17) is 10.4 Å². The Morgan fingerprint density at radius 3 is 2.71 bits per heavy atom. The molecule has 0 bridgehead atoms. The van der Waals surface area contributed by atoms with E-state index in [2.05, 4.69) is 4.98 Å². The highest BCUT2D eigenvalue weighted by atomic mass is 19.3. The first kappa shape index (κ1) is 10.5. The molecule has 1 aromatic heterocycles. The fourth-order valence-electron chi connectivity index (χ4n) is 1.18. The standard InChI is InChI=1S/C9H8F2N2O/c1-5-2-6(9(10)11)7(3-12)8(4-14)13-5/h2,9,14H,4H2,1H3. The van der Waals surface area contributed by atoms with Gasteiger partial charge in [-0.15, -0.1) is 0 Å². The van der Waals surface area contributed by atoms with Crippen LogP contribution in [0.4, 0.5) is 8.78 Å². The molecule has 1 heterocycles. The fraction of sp³-hybridized carbons (Fsp3) is 0.333. The van der Waals surface area contributed by atoms with E-state index < -0.39 is 13.0 Å². The predicted octanol–water partition coefficient (Wildman–Crippen LogP) is 1.69. The maximum Gasteiger partial charge on any atom is 0.265 e. The Hall–Kier alpha value is -1.54. The summed E-state index contributed by atoms with van der Waals surface area (Å²) in [5.41, 5.74) is -0.233. The number of aliphatic hydroxyl groups is 1. The number of aromatic nitrogens is 1. The summed E-state index contributed by atoms with van der Waals surface area (Å²) in [6.45, 7) is 1.02. The first-order valence-corrected chi connectivity index (χ1v) is 3.89. The average Bonchev–Trinajstić information content (AvgIpc) is 2.16. The topological polar surface area (TPSA) is 56.9 Å². The first-order valence-electron chi connectivity index (χ1n) is 3.89. The lowest BCUT2D eigenvalue weighted by Gasteiger charge is -2.07. The zero-order chi connectivity index (χ0) is 10.7. The van der Waals surface area contributed by atoms with Crippen LogP contribution in [0.15, 0.2) is 6.07 Å². The van der Waals surface area contributed by atoms with Crippen molar-refractivity contribution in [1.29, 1.82) is 5.26 Å². The van der Waals surface area contributed by atoms with E-state index in [0.717, 1.165) is 6.07 Å². The molecule has 0 unspecified atom stereocenters. The Kier molecular flexibility index (Phi) is 3.10. The quantitative estimate of drug-likeness (QED) is 0.786. The second-order valence-corrected chi connectivity index (χ2v) is 2.75. The summed E-state index contributed by atoms with van der Waals surface area (Å²) >= 11 is 0. The van der Waals surface area contributed by atoms with Crippen LogP contribution in [-0.2, 0) is 6.61 Å². The lowest BCUT2D eigenvalue weighted by molar-refractivity contribution is 0.150. The highest BCUT2D eigenvalue weighted by Gasteiger charge is 2.17. The minimum atomic E-state index is -2.73. The number of alkyl halides is 2. The maximum atomic E-state index is 12.5. The largest absolute Gasteiger partial charge is 0.390 e. The van der Waals surface area contributed by atoms with Crippen molar-refractivity contribution in [3.63, 3.8) is 0 Å². The van der Waals surface area contributed by atoms with Gasteiger partial charge >= 0.3 is 0 Å². The summed E-state index contributed by atoms with van der Waals surface area (Å²) in [5, 5.41) is 17.5. The van der Waals surface area contributed by atoms with Crippen LogP contribution in [0.1, 0.15) is 28.9 Å². The molecule has 0 fully saturated rings. The summed E-state index contributed by atoms with van der Waals surface area (Å²) in [6, 6.07) is 2.78. The van der Waals surface area contributed by atoms with E-state index in [-0.39, 0.29) is 16.8 Å². The highest BCUT2D eigenvalue weighted by molar-refractivity contribution is 5.42. The van der Waals surface area contributed by atoms with Crippen molar-refractivity contribution in [3.05, 3.63) is 28.6 Å². The molecule has 3 nitrogen and oxygen atoms in total. The van der Waals surface area contributed by atoms with Crippen LogP contribution >= 0.6 is 0 Å². The van der Waals surface area contributed by atoms with E-state index in [1.807, 2.05) is 0 Å². The zero-order valence-corrected chi connectivity index (χ0v) is 7.46. The lowest BCUT2D eigenvalue weighted by Crippen LogP contribution is -2.02. The normalized spacial score (nSPS) is 10.3. The van der Waals surface area contributed by atoms with Gasteiger partial charge in [0.2, 0.25) is 0 Å². The molecule has 0 saturated heterocycles. The second-order valence-electron chi connectivity index (χ2n) is 2.75. The van der Waals surface area contributed by atoms with Gasteiger partial charge in [0.05, 0.1) is 17.9 Å². The van der Waals surface area contributed by atoms with Crippen LogP contribution in [-0.4, -0.2) is 10.1 Å². The summed E-state index contributed by atoms with van der Waals surface area (Å²) in [6.07, 6.45) is -2.73. The van der Waals surface area contributed by atoms with Crippen molar-refractivity contribution in [2.75, 3.05) is 0 Å². The van der Waals surface area contributed by atoms with Gasteiger partial charge in [0.1, 0.15) is 6.07 Å². The van der Waals surface area contributed by atoms with Crippen LogP contribution in [0.5, 0.6) is 0 Å². The van der Waals surface area contributed by atoms with Crippen molar-refractivity contribution in [1.82, 2.24) is 4.98 Å². The van der Waals surface area contributed by atoms with Gasteiger partial charge in [-0.1, -0.05) is 0 Å². The Balaban J connectivity index is 3.41. The molecule has 0 aromatic carbocycles. The van der Waals surface area contributed by atoms with Crippen LogP contribution in [0.25, 0.3) is 0 Å². The molecule has 1 rings (SSSR count). The summed E-state index contributed by atoms with van der Waals surface area (Å²) < 4.78 is 24.9. The minimum absolute atomic E-state index is 0.00259. The third-order valence-electron chi connectivity index (χ3n) is 1.75. The summed E-state index contributed by atoms with van der Waals surface area (Å²) in [4.78, 5) is 3.80. The molecule has 0 amide bonds. The first-order chi connectivity index (χ1) is 6.60. The van der Waals surface area contributed by atoms with E-state index in [1.165, 1.54) is 6.92 Å². The number of rotatable bonds is 2. The predicted molar refractivity (Wildman–Crippen MR) is 44.6 cm³/mol. The molecule has 0 saturated carbocycles. The van der Waals surface area contributed by atoms with Crippen molar-refractivity contribution in [3.8, 4) is 6.07 Å². The molecule has 0 spiro atoms. The van der Waals surface area contributed by atoms with Gasteiger partial charge in [-0.05, 0) is 13.0 Å². The van der Waals surface area contributed by atoms with Crippen molar-refractivity contribution < 1.29 is 13.9 Å². The van der Waals surface area contributed by atoms with Crippen molar-refractivity contribution in [2.24, 2.45) is 0 Å². The van der Waals surface area contributed by atoms with Crippen molar-refractivity contribution >= 4 is 0 Å². The average molecular weight is 198 g/mol. The number of hydrogen-bond donors (Lipinski definition) is 1. The maximum absolute atomic E-state index is 12.5. The van der Waals surface area contributed by atoms with Crippen LogP contribution < -0.4 is 0 Å². The molecular weight excluding hydrogens is 190 g/mol. The Morgan fingerprint density at radius 2 is 2.29 bits per heavy atom. The minimum Gasteiger partial charge on any atom is -0.390 e. The van der Waals surface area contributed by atoms with Gasteiger partial charge in [0, 0.05) is 11.3 Å². The SMILES string of the molecule is Cc1cc(C(F)F)c(C#N)c(CO)n1. The number of nitriles is 1. The molecule has 0 aliphatic rings. The monoisotopic (exact) mass is 198 g/mol. The van der Waals surface area contributed by atoms with Gasteiger partial charge in [-0.2, -0.15) is 5.26 Å². The highest BCUT2D eigenvalue weighted by Crippen LogP contribution is 2.24. The van der Waals surface area contributed by atoms with Gasteiger partial charge in [-0.3, -0.25) is 4.98 Å². The van der Waals surface area contributed by atoms with Crippen LogP contribution in [0.3, 0.4) is 0 Å². The number of nitrogens with zero attached hydrogens (tertiary/aromatic N) is 2.